The average molecular weight is 453 g/mol. The number of benzene rings is 2. The molecule has 2 aromatic carbocycles. The molecule has 0 atom stereocenters. The maximum Gasteiger partial charge on any atom is 0.331 e. The fourth-order valence-electron chi connectivity index (χ4n) is 4.27. The summed E-state index contributed by atoms with van der Waals surface area (Å²) in [6.45, 7) is 2.02. The van der Waals surface area contributed by atoms with Gasteiger partial charge < -0.3 is 8.98 Å². The van der Waals surface area contributed by atoms with E-state index in [1.807, 2.05) is 54.6 Å². The van der Waals surface area contributed by atoms with Crippen LogP contribution in [0.1, 0.15) is 22.4 Å². The Labute approximate surface area is 196 Å². The van der Waals surface area contributed by atoms with Crippen LogP contribution in [0.25, 0.3) is 11.5 Å². The molecule has 7 heteroatoms. The van der Waals surface area contributed by atoms with Crippen molar-refractivity contribution in [1.82, 2.24) is 19.0 Å². The summed E-state index contributed by atoms with van der Waals surface area (Å²) < 4.78 is 8.26. The first-order valence-electron chi connectivity index (χ1n) is 11.2. The second-order valence-corrected chi connectivity index (χ2v) is 8.32. The molecule has 0 radical (unpaired) electrons. The van der Waals surface area contributed by atoms with Crippen LogP contribution in [0.3, 0.4) is 0 Å². The molecule has 0 unspecified atom stereocenters. The number of nitrogens with zero attached hydrogens (tertiary/aromatic N) is 4. The van der Waals surface area contributed by atoms with Crippen LogP contribution in [-0.4, -0.2) is 32.1 Å². The average Bonchev–Trinajstić information content (AvgIpc) is 3.41. The molecule has 7 nitrogen and oxygen atoms in total. The van der Waals surface area contributed by atoms with Crippen molar-refractivity contribution in [2.75, 3.05) is 13.1 Å². The van der Waals surface area contributed by atoms with E-state index in [9.17, 15) is 9.59 Å². The van der Waals surface area contributed by atoms with Gasteiger partial charge in [-0.3, -0.25) is 14.3 Å². The number of hydrogen-bond donors (Lipinski definition) is 0. The molecule has 1 aliphatic rings. The van der Waals surface area contributed by atoms with Crippen LogP contribution < -0.4 is 11.2 Å². The minimum atomic E-state index is -0.294. The lowest BCUT2D eigenvalue weighted by molar-refractivity contribution is 0.275. The van der Waals surface area contributed by atoms with Gasteiger partial charge in [0.05, 0.1) is 24.8 Å². The number of fused-ring (bicyclic) bond motifs is 1. The van der Waals surface area contributed by atoms with Crippen molar-refractivity contribution in [3.63, 3.8) is 0 Å². The van der Waals surface area contributed by atoms with Crippen molar-refractivity contribution < 1.29 is 4.42 Å². The van der Waals surface area contributed by atoms with Crippen molar-refractivity contribution in [1.29, 1.82) is 0 Å². The zero-order valence-electron chi connectivity index (χ0n) is 18.9. The Morgan fingerprint density at radius 3 is 2.59 bits per heavy atom. The van der Waals surface area contributed by atoms with Crippen molar-refractivity contribution in [2.45, 2.75) is 19.5 Å². The van der Waals surface area contributed by atoms with E-state index in [-0.39, 0.29) is 17.8 Å². The molecule has 170 valence electrons. The Morgan fingerprint density at radius 1 is 1.06 bits per heavy atom. The lowest BCUT2D eigenvalue weighted by atomic mass is 10.1. The summed E-state index contributed by atoms with van der Waals surface area (Å²) in [5, 5.41) is 0. The fraction of sp³-hybridized carbons (Fsp3) is 0.222. The van der Waals surface area contributed by atoms with Gasteiger partial charge in [0.15, 0.2) is 0 Å². The monoisotopic (exact) mass is 452 g/mol. The normalized spacial score (nSPS) is 13.2. The van der Waals surface area contributed by atoms with Crippen molar-refractivity contribution in [3.8, 4) is 23.3 Å². The second kappa shape index (κ2) is 9.38. The summed E-state index contributed by atoms with van der Waals surface area (Å²) in [5.41, 5.74) is 3.64. The summed E-state index contributed by atoms with van der Waals surface area (Å²) in [5.74, 6) is 6.90. The molecule has 0 N–H and O–H groups in total. The molecule has 1 aliphatic heterocycles. The Morgan fingerprint density at radius 2 is 1.85 bits per heavy atom. The minimum absolute atomic E-state index is 0.207. The summed E-state index contributed by atoms with van der Waals surface area (Å²) in [6, 6.07) is 17.4. The SMILES string of the molecule is Cn1c2c(c(=O)n(Cc3ccc(-c4ncco4)cc3)c1=O)CN(CC#Cc1ccccc1)CC2. The Kier molecular flexibility index (Phi) is 5.98. The predicted octanol–water partition coefficient (Wildman–Crippen LogP) is 2.66. The van der Waals surface area contributed by atoms with Gasteiger partial charge in [0.2, 0.25) is 5.89 Å². The molecular weight excluding hydrogens is 428 g/mol. The van der Waals surface area contributed by atoms with Gasteiger partial charge in [0, 0.05) is 43.4 Å². The quantitative estimate of drug-likeness (QED) is 0.445. The van der Waals surface area contributed by atoms with E-state index in [2.05, 4.69) is 21.7 Å². The van der Waals surface area contributed by atoms with Crippen LogP contribution in [0.2, 0.25) is 0 Å². The first-order chi connectivity index (χ1) is 16.6. The highest BCUT2D eigenvalue weighted by Gasteiger charge is 2.23. The van der Waals surface area contributed by atoms with Gasteiger partial charge in [0.1, 0.15) is 6.26 Å². The van der Waals surface area contributed by atoms with Crippen LogP contribution >= 0.6 is 0 Å². The van der Waals surface area contributed by atoms with Gasteiger partial charge in [0.25, 0.3) is 5.56 Å². The lowest BCUT2D eigenvalue weighted by Gasteiger charge is -2.28. The number of rotatable bonds is 4. The maximum atomic E-state index is 13.3. The van der Waals surface area contributed by atoms with Crippen molar-refractivity contribution in [2.24, 2.45) is 7.05 Å². The highest BCUT2D eigenvalue weighted by Crippen LogP contribution is 2.18. The highest BCUT2D eigenvalue weighted by molar-refractivity contribution is 5.53. The first kappa shape index (κ1) is 21.7. The number of aromatic nitrogens is 3. The largest absolute Gasteiger partial charge is 0.445 e. The zero-order chi connectivity index (χ0) is 23.5. The second-order valence-electron chi connectivity index (χ2n) is 8.32. The minimum Gasteiger partial charge on any atom is -0.445 e. The molecule has 0 fully saturated rings. The zero-order valence-corrected chi connectivity index (χ0v) is 18.9. The van der Waals surface area contributed by atoms with Crippen LogP contribution in [0.15, 0.2) is 81.1 Å². The van der Waals surface area contributed by atoms with Gasteiger partial charge in [-0.2, -0.15) is 0 Å². The smallest absolute Gasteiger partial charge is 0.331 e. The van der Waals surface area contributed by atoms with E-state index >= 15 is 0 Å². The van der Waals surface area contributed by atoms with E-state index < -0.39 is 0 Å². The molecule has 0 saturated heterocycles. The molecule has 0 aliphatic carbocycles. The Hall–Kier alpha value is -4.15. The molecule has 0 amide bonds. The fourth-order valence-corrected chi connectivity index (χ4v) is 4.27. The van der Waals surface area contributed by atoms with Crippen molar-refractivity contribution >= 4 is 0 Å². The topological polar surface area (TPSA) is 73.3 Å². The predicted molar refractivity (Wildman–Crippen MR) is 129 cm³/mol. The molecule has 0 bridgehead atoms. The summed E-state index contributed by atoms with van der Waals surface area (Å²) >= 11 is 0. The molecule has 34 heavy (non-hydrogen) atoms. The van der Waals surface area contributed by atoms with Crippen LogP contribution in [0.4, 0.5) is 0 Å². The molecule has 4 aromatic rings. The third-order valence-electron chi connectivity index (χ3n) is 6.10. The molecule has 2 aromatic heterocycles. The van der Waals surface area contributed by atoms with E-state index in [0.717, 1.165) is 28.9 Å². The van der Waals surface area contributed by atoms with E-state index in [4.69, 9.17) is 4.42 Å². The van der Waals surface area contributed by atoms with E-state index in [1.54, 1.807) is 17.8 Å². The Bertz CT molecular complexity index is 1470. The van der Waals surface area contributed by atoms with Gasteiger partial charge in [-0.05, 0) is 29.8 Å². The highest BCUT2D eigenvalue weighted by atomic mass is 16.3. The Balaban J connectivity index is 1.38. The van der Waals surface area contributed by atoms with E-state index in [1.165, 1.54) is 10.8 Å². The van der Waals surface area contributed by atoms with Gasteiger partial charge in [-0.15, -0.1) is 0 Å². The number of hydrogen-bond acceptors (Lipinski definition) is 5. The lowest BCUT2D eigenvalue weighted by Crippen LogP contribution is -2.47. The number of oxazole rings is 1. The third-order valence-corrected chi connectivity index (χ3v) is 6.10. The third kappa shape index (κ3) is 4.36. The maximum absolute atomic E-state index is 13.3. The van der Waals surface area contributed by atoms with Gasteiger partial charge in [-0.1, -0.05) is 42.2 Å². The first-order valence-corrected chi connectivity index (χ1v) is 11.2. The van der Waals surface area contributed by atoms with Gasteiger partial charge in [-0.25, -0.2) is 9.78 Å². The van der Waals surface area contributed by atoms with Crippen LogP contribution in [0.5, 0.6) is 0 Å². The molecule has 0 spiro atoms. The molecular formula is C27H24N4O3. The summed E-state index contributed by atoms with van der Waals surface area (Å²) in [7, 11) is 1.74. The van der Waals surface area contributed by atoms with Crippen molar-refractivity contribution in [3.05, 3.63) is 110 Å². The van der Waals surface area contributed by atoms with E-state index in [0.29, 0.717) is 31.0 Å². The summed E-state index contributed by atoms with van der Waals surface area (Å²) in [6.07, 6.45) is 3.77. The molecule has 3 heterocycles. The van der Waals surface area contributed by atoms with Gasteiger partial charge >= 0.3 is 5.69 Å². The van der Waals surface area contributed by atoms with Crippen LogP contribution in [0, 0.1) is 11.8 Å². The standard InChI is InChI=1S/C27H24N4O3/c1-29-24-13-16-30(15-5-8-20-6-3-2-4-7-20)19-23(24)26(32)31(27(29)33)18-21-9-11-22(12-10-21)25-28-14-17-34-25/h2-4,6-7,9-12,14,17H,13,15-16,18-19H2,1H3. The summed E-state index contributed by atoms with van der Waals surface area (Å²) in [4.78, 5) is 32.6. The molecule has 5 rings (SSSR count). The molecule has 0 saturated carbocycles. The van der Waals surface area contributed by atoms with Crippen LogP contribution in [-0.2, 0) is 26.6 Å².